The van der Waals surface area contributed by atoms with Gasteiger partial charge >= 0.3 is 0 Å². The number of ketones is 1. The van der Waals surface area contributed by atoms with E-state index >= 15 is 0 Å². The normalized spacial score (nSPS) is 11.4. The van der Waals surface area contributed by atoms with Gasteiger partial charge in [-0.25, -0.2) is 13.9 Å². The second kappa shape index (κ2) is 8.75. The average molecular weight is 457 g/mol. The van der Waals surface area contributed by atoms with Gasteiger partial charge in [0.25, 0.3) is 0 Å². The highest BCUT2D eigenvalue weighted by Gasteiger charge is 2.24. The SMILES string of the molecule is Cc1nc2c(CN(C)Cc3ccccc3)cc(Cl)nn2c1C(=O)c1ccc(Cl)cc1F. The predicted octanol–water partition coefficient (Wildman–Crippen LogP) is 5.35. The molecule has 0 aliphatic carbocycles. The lowest BCUT2D eigenvalue weighted by Gasteiger charge is -2.17. The summed E-state index contributed by atoms with van der Waals surface area (Å²) in [6.07, 6.45) is 0. The summed E-state index contributed by atoms with van der Waals surface area (Å²) in [6.45, 7) is 2.97. The second-order valence-corrected chi connectivity index (χ2v) is 8.21. The summed E-state index contributed by atoms with van der Waals surface area (Å²) in [6, 6.07) is 15.8. The van der Waals surface area contributed by atoms with Gasteiger partial charge in [0, 0.05) is 23.7 Å². The Morgan fingerprint density at radius 3 is 2.55 bits per heavy atom. The molecular weight excluding hydrogens is 438 g/mol. The zero-order valence-electron chi connectivity index (χ0n) is 16.9. The molecule has 0 spiro atoms. The molecule has 0 radical (unpaired) electrons. The predicted molar refractivity (Wildman–Crippen MR) is 119 cm³/mol. The lowest BCUT2D eigenvalue weighted by Crippen LogP contribution is -2.18. The number of carbonyl (C=O) groups excluding carboxylic acids is 1. The number of aryl methyl sites for hydroxylation is 1. The molecule has 0 atom stereocenters. The van der Waals surface area contributed by atoms with Crippen LogP contribution in [-0.2, 0) is 13.1 Å². The minimum atomic E-state index is -0.698. The van der Waals surface area contributed by atoms with Gasteiger partial charge in [0.1, 0.15) is 11.5 Å². The highest BCUT2D eigenvalue weighted by atomic mass is 35.5. The third-order valence-corrected chi connectivity index (χ3v) is 5.35. The number of nitrogens with zero attached hydrogens (tertiary/aromatic N) is 4. The molecule has 2 heterocycles. The van der Waals surface area contributed by atoms with Gasteiger partial charge in [0.15, 0.2) is 10.8 Å². The van der Waals surface area contributed by atoms with Crippen LogP contribution in [0.5, 0.6) is 0 Å². The van der Waals surface area contributed by atoms with E-state index in [0.29, 0.717) is 17.9 Å². The van der Waals surface area contributed by atoms with Crippen molar-refractivity contribution in [3.63, 3.8) is 0 Å². The van der Waals surface area contributed by atoms with Gasteiger partial charge in [0.2, 0.25) is 5.78 Å². The number of carbonyl (C=O) groups is 1. The maximum absolute atomic E-state index is 14.4. The van der Waals surface area contributed by atoms with Crippen LogP contribution in [0.25, 0.3) is 5.65 Å². The van der Waals surface area contributed by atoms with Gasteiger partial charge in [0.05, 0.1) is 11.3 Å². The smallest absolute Gasteiger partial charge is 0.216 e. The number of halogens is 3. The first-order chi connectivity index (χ1) is 14.8. The van der Waals surface area contributed by atoms with Crippen LogP contribution in [0.4, 0.5) is 4.39 Å². The molecule has 0 aliphatic rings. The second-order valence-electron chi connectivity index (χ2n) is 7.38. The Balaban J connectivity index is 1.72. The number of rotatable bonds is 6. The van der Waals surface area contributed by atoms with Gasteiger partial charge in [-0.1, -0.05) is 53.5 Å². The first kappa shape index (κ1) is 21.4. The van der Waals surface area contributed by atoms with Crippen molar-refractivity contribution < 1.29 is 9.18 Å². The van der Waals surface area contributed by atoms with Crippen molar-refractivity contribution in [2.75, 3.05) is 7.05 Å². The molecule has 2 aromatic carbocycles. The third kappa shape index (κ3) is 4.46. The number of benzene rings is 2. The molecule has 0 saturated heterocycles. The van der Waals surface area contributed by atoms with Gasteiger partial charge in [-0.3, -0.25) is 9.69 Å². The highest BCUT2D eigenvalue weighted by Crippen LogP contribution is 2.24. The van der Waals surface area contributed by atoms with Crippen LogP contribution in [0.2, 0.25) is 10.2 Å². The van der Waals surface area contributed by atoms with E-state index < -0.39 is 11.6 Å². The van der Waals surface area contributed by atoms with Crippen molar-refractivity contribution in [2.24, 2.45) is 0 Å². The fourth-order valence-corrected chi connectivity index (χ4v) is 3.94. The zero-order valence-corrected chi connectivity index (χ0v) is 18.5. The Hall–Kier alpha value is -2.80. The standard InChI is InChI=1S/C23H19Cl2FN4O/c1-14-21(22(31)18-9-8-17(24)11-19(18)26)30-23(27-14)16(10-20(25)28-30)13-29(2)12-15-6-4-3-5-7-15/h3-11H,12-13H2,1-2H3. The van der Waals surface area contributed by atoms with E-state index in [4.69, 9.17) is 23.2 Å². The molecular formula is C23H19Cl2FN4O. The highest BCUT2D eigenvalue weighted by molar-refractivity contribution is 6.30. The lowest BCUT2D eigenvalue weighted by molar-refractivity contribution is 0.102. The summed E-state index contributed by atoms with van der Waals surface area (Å²) < 4.78 is 15.8. The van der Waals surface area contributed by atoms with Crippen LogP contribution in [0.3, 0.4) is 0 Å². The van der Waals surface area contributed by atoms with Crippen molar-refractivity contribution >= 4 is 34.6 Å². The van der Waals surface area contributed by atoms with Crippen LogP contribution < -0.4 is 0 Å². The Morgan fingerprint density at radius 2 is 1.84 bits per heavy atom. The van der Waals surface area contributed by atoms with E-state index in [2.05, 4.69) is 27.1 Å². The molecule has 0 amide bonds. The van der Waals surface area contributed by atoms with Crippen molar-refractivity contribution in [3.8, 4) is 0 Å². The molecule has 4 aromatic rings. The first-order valence-electron chi connectivity index (χ1n) is 9.60. The molecule has 0 bridgehead atoms. The molecule has 158 valence electrons. The third-order valence-electron chi connectivity index (χ3n) is 4.93. The summed E-state index contributed by atoms with van der Waals surface area (Å²) in [7, 11) is 1.99. The minimum Gasteiger partial charge on any atom is -0.298 e. The van der Waals surface area contributed by atoms with Gasteiger partial charge in [-0.2, -0.15) is 5.10 Å². The summed E-state index contributed by atoms with van der Waals surface area (Å²) in [5.74, 6) is -1.23. The number of hydrogen-bond donors (Lipinski definition) is 0. The Labute approximate surface area is 189 Å². The molecule has 0 N–H and O–H groups in total. The van der Waals surface area contributed by atoms with E-state index in [9.17, 15) is 9.18 Å². The largest absolute Gasteiger partial charge is 0.298 e. The Bertz CT molecular complexity index is 1270. The topological polar surface area (TPSA) is 50.5 Å². The number of fused-ring (bicyclic) bond motifs is 1. The molecule has 0 saturated carbocycles. The maximum atomic E-state index is 14.4. The summed E-state index contributed by atoms with van der Waals surface area (Å²) >= 11 is 12.1. The van der Waals surface area contributed by atoms with E-state index in [0.717, 1.165) is 18.2 Å². The maximum Gasteiger partial charge on any atom is 0.216 e. The Kier molecular flexibility index (Phi) is 6.05. The van der Waals surface area contributed by atoms with Gasteiger partial charge in [-0.05, 0) is 43.8 Å². The lowest BCUT2D eigenvalue weighted by atomic mass is 10.1. The Morgan fingerprint density at radius 1 is 1.10 bits per heavy atom. The van der Waals surface area contributed by atoms with Crippen LogP contribution in [0.15, 0.2) is 54.6 Å². The minimum absolute atomic E-state index is 0.0983. The van der Waals surface area contributed by atoms with Crippen molar-refractivity contribution in [1.29, 1.82) is 0 Å². The average Bonchev–Trinajstić information content (AvgIpc) is 3.04. The van der Waals surface area contributed by atoms with Crippen LogP contribution in [-0.4, -0.2) is 32.3 Å². The molecule has 31 heavy (non-hydrogen) atoms. The number of imidazole rings is 1. The van der Waals surface area contributed by atoms with E-state index in [1.54, 1.807) is 13.0 Å². The first-order valence-corrected chi connectivity index (χ1v) is 10.4. The van der Waals surface area contributed by atoms with Gasteiger partial charge in [-0.15, -0.1) is 0 Å². The molecule has 5 nitrogen and oxygen atoms in total. The fraction of sp³-hybridized carbons (Fsp3) is 0.174. The zero-order chi connectivity index (χ0) is 22.1. The van der Waals surface area contributed by atoms with E-state index in [-0.39, 0.29) is 21.4 Å². The van der Waals surface area contributed by atoms with Crippen molar-refractivity contribution in [2.45, 2.75) is 20.0 Å². The van der Waals surface area contributed by atoms with E-state index in [1.807, 2.05) is 25.2 Å². The fourth-order valence-electron chi connectivity index (χ4n) is 3.58. The summed E-state index contributed by atoms with van der Waals surface area (Å²) in [5.41, 5.74) is 3.03. The van der Waals surface area contributed by atoms with Gasteiger partial charge < -0.3 is 0 Å². The summed E-state index contributed by atoms with van der Waals surface area (Å²) in [4.78, 5) is 19.8. The van der Waals surface area contributed by atoms with E-state index in [1.165, 1.54) is 22.2 Å². The molecule has 0 unspecified atom stereocenters. The number of aromatic nitrogens is 3. The van der Waals surface area contributed by atoms with Crippen molar-refractivity contribution in [1.82, 2.24) is 19.5 Å². The van der Waals surface area contributed by atoms with Crippen molar-refractivity contribution in [3.05, 3.63) is 98.7 Å². The molecule has 4 rings (SSSR count). The number of hydrogen-bond acceptors (Lipinski definition) is 4. The monoisotopic (exact) mass is 456 g/mol. The quantitative estimate of drug-likeness (QED) is 0.367. The molecule has 8 heteroatoms. The van der Waals surface area contributed by atoms with Crippen LogP contribution in [0.1, 0.15) is 32.9 Å². The molecule has 0 fully saturated rings. The molecule has 0 aliphatic heterocycles. The van der Waals surface area contributed by atoms with Crippen LogP contribution >= 0.6 is 23.2 Å². The van der Waals surface area contributed by atoms with Crippen LogP contribution in [0, 0.1) is 12.7 Å². The summed E-state index contributed by atoms with van der Waals surface area (Å²) in [5, 5.41) is 4.71. The molecule has 2 aromatic heterocycles.